The molecule has 0 saturated carbocycles. The van der Waals surface area contributed by atoms with E-state index < -0.39 is 0 Å². The zero-order valence-electron chi connectivity index (χ0n) is 2.89. The molecule has 0 aliphatic carbocycles. The average Bonchev–Trinajstić information content (AvgIpc) is 1.41. The normalized spacial score (nSPS) is 8.80. The molecule has 0 rings (SSSR count). The molecule has 5 heavy (non-hydrogen) atoms. The van der Waals surface area contributed by atoms with Crippen molar-refractivity contribution in [3.05, 3.63) is 12.0 Å². The topological polar surface area (TPSA) is 0 Å². The third-order valence-corrected chi connectivity index (χ3v) is 0.222. The molecule has 0 atom stereocenters. The molecular weight excluding hydrogens is 56.5 g/mol. The van der Waals surface area contributed by atoms with Gasteiger partial charge >= 0.3 is 0 Å². The lowest BCUT2D eigenvalue weighted by atomic mass is 9.55. The molecule has 0 nitrogen and oxygen atoms in total. The van der Waals surface area contributed by atoms with Crippen molar-refractivity contribution in [2.75, 3.05) is 0 Å². The third-order valence-electron chi connectivity index (χ3n) is 0.222. The van der Waals surface area contributed by atoms with Gasteiger partial charge in [-0.3, -0.25) is 0 Å². The van der Waals surface area contributed by atoms with Gasteiger partial charge in [0.25, 0.3) is 0 Å². The second-order valence-corrected chi connectivity index (χ2v) is 0.577. The highest BCUT2D eigenvalue weighted by atomic mass is 13.2. The van der Waals surface area contributed by atoms with E-state index in [1.165, 1.54) is 13.1 Å². The highest BCUT2D eigenvalue weighted by molar-refractivity contribution is 6.92. The molecule has 0 aliphatic rings. The van der Waals surface area contributed by atoms with E-state index in [2.05, 4.69) is 0 Å². The molecule has 0 saturated heterocycles. The van der Waals surface area contributed by atoms with Crippen molar-refractivity contribution in [1.82, 2.24) is 0 Å². The summed E-state index contributed by atoms with van der Waals surface area (Å²) >= 11 is 0. The Morgan fingerprint density at radius 2 is 2.20 bits per heavy atom. The maximum Gasteiger partial charge on any atom is 0.101 e. The molecular formula is C2H2B3. The van der Waals surface area contributed by atoms with Gasteiger partial charge in [-0.1, -0.05) is 0 Å². The maximum absolute atomic E-state index is 4.85. The van der Waals surface area contributed by atoms with Crippen molar-refractivity contribution >= 4 is 22.8 Å². The quantitative estimate of drug-likeness (QED) is 0.354. The van der Waals surface area contributed by atoms with Crippen LogP contribution in [0, 0.1) is 0 Å². The van der Waals surface area contributed by atoms with E-state index in [-0.39, 0.29) is 0 Å². The van der Waals surface area contributed by atoms with Crippen LogP contribution in [0.1, 0.15) is 0 Å². The highest BCUT2D eigenvalue weighted by Crippen LogP contribution is 1.51. The number of hydrogen-bond acceptors (Lipinski definition) is 0. The van der Waals surface area contributed by atoms with Gasteiger partial charge in [0, 0.05) is 7.74 Å². The van der Waals surface area contributed by atoms with Crippen molar-refractivity contribution in [1.29, 1.82) is 0 Å². The molecule has 0 unspecified atom stereocenters. The van der Waals surface area contributed by atoms with Gasteiger partial charge in [0.05, 0.1) is 7.17 Å². The molecule has 0 aromatic carbocycles. The largest absolute Gasteiger partial charge is 0.147 e. The van der Waals surface area contributed by atoms with Gasteiger partial charge in [-0.25, -0.2) is 0 Å². The Morgan fingerprint density at radius 1 is 1.60 bits per heavy atom. The second kappa shape index (κ2) is 3.93. The van der Waals surface area contributed by atoms with Gasteiger partial charge in [-0.15, -0.1) is 12.0 Å². The summed E-state index contributed by atoms with van der Waals surface area (Å²) in [6.45, 7) is 0. The third kappa shape index (κ3) is 3.93. The molecule has 0 aromatic rings. The Kier molecular flexibility index (Phi) is 3.88. The summed E-state index contributed by atoms with van der Waals surface area (Å²) in [4.78, 5) is 0. The first kappa shape index (κ1) is 4.93. The van der Waals surface area contributed by atoms with Crippen LogP contribution < -0.4 is 0 Å². The van der Waals surface area contributed by atoms with E-state index in [0.29, 0.717) is 0 Å². The van der Waals surface area contributed by atoms with Crippen molar-refractivity contribution in [2.45, 2.75) is 0 Å². The van der Waals surface area contributed by atoms with Crippen molar-refractivity contribution in [2.24, 2.45) is 0 Å². The molecule has 19 valence electrons. The van der Waals surface area contributed by atoms with Crippen molar-refractivity contribution < 1.29 is 0 Å². The minimum atomic E-state index is 1.38. The lowest BCUT2D eigenvalue weighted by Gasteiger charge is -1.62. The van der Waals surface area contributed by atoms with Crippen LogP contribution in [0.25, 0.3) is 0 Å². The van der Waals surface area contributed by atoms with Gasteiger partial charge in [0.1, 0.15) is 7.85 Å². The van der Waals surface area contributed by atoms with Crippen LogP contribution in [0.4, 0.5) is 0 Å². The fourth-order valence-electron chi connectivity index (χ4n) is 0.0642. The molecule has 3 heteroatoms. The van der Waals surface area contributed by atoms with Crippen LogP contribution in [-0.4, -0.2) is 22.8 Å². The molecule has 0 heterocycles. The summed E-state index contributed by atoms with van der Waals surface area (Å²) < 4.78 is 0. The summed E-state index contributed by atoms with van der Waals surface area (Å²) in [6.07, 6.45) is 0. The van der Waals surface area contributed by atoms with Crippen LogP contribution in [0.2, 0.25) is 0 Å². The zero-order valence-corrected chi connectivity index (χ0v) is 2.89. The fraction of sp³-hybridized carbons (Fsp3) is 0. The molecule has 0 bridgehead atoms. The Balaban J connectivity index is 2.62. The zero-order chi connectivity index (χ0) is 4.12. The minimum Gasteiger partial charge on any atom is -0.147 e. The minimum absolute atomic E-state index is 1.38. The Hall–Kier alpha value is -0.0652. The Labute approximate surface area is 35.7 Å². The van der Waals surface area contributed by atoms with E-state index in [4.69, 9.17) is 15.6 Å². The van der Waals surface area contributed by atoms with Gasteiger partial charge in [0.2, 0.25) is 0 Å². The van der Waals surface area contributed by atoms with Gasteiger partial charge in [-0.2, -0.15) is 0 Å². The lowest BCUT2D eigenvalue weighted by molar-refractivity contribution is 2.48. The first-order valence-corrected chi connectivity index (χ1v) is 1.33. The standard InChI is InChI=1S/C2H2B3/c3-1-2-5-4/h1-2H/b2-1+. The number of hydrogen-bond donors (Lipinski definition) is 0. The fourth-order valence-corrected chi connectivity index (χ4v) is 0.0642. The van der Waals surface area contributed by atoms with E-state index in [1.54, 1.807) is 5.98 Å². The number of rotatable bonds is 1. The van der Waals surface area contributed by atoms with E-state index in [9.17, 15) is 0 Å². The smallest absolute Gasteiger partial charge is 0.101 e. The Morgan fingerprint density at radius 3 is 2.20 bits per heavy atom. The van der Waals surface area contributed by atoms with Crippen molar-refractivity contribution in [3.8, 4) is 0 Å². The predicted molar refractivity (Wildman–Crippen MR) is 26.4 cm³/mol. The van der Waals surface area contributed by atoms with Crippen molar-refractivity contribution in [3.63, 3.8) is 0 Å². The monoisotopic (exact) mass is 59.0 g/mol. The Bertz CT molecular complexity index is 31.9. The van der Waals surface area contributed by atoms with Gasteiger partial charge in [0.15, 0.2) is 0 Å². The molecule has 5 radical (unpaired) electrons. The van der Waals surface area contributed by atoms with Gasteiger partial charge < -0.3 is 0 Å². The second-order valence-electron chi connectivity index (χ2n) is 0.577. The predicted octanol–water partition coefficient (Wildman–Crippen LogP) is -0.586. The first-order chi connectivity index (χ1) is 2.41. The first-order valence-electron chi connectivity index (χ1n) is 1.33. The average molecular weight is 58.5 g/mol. The van der Waals surface area contributed by atoms with Crippen LogP contribution in [-0.2, 0) is 0 Å². The molecule has 0 aromatic heterocycles. The van der Waals surface area contributed by atoms with Crippen LogP contribution >= 0.6 is 0 Å². The molecule has 0 fully saturated rings. The maximum atomic E-state index is 4.85. The van der Waals surface area contributed by atoms with E-state index >= 15 is 0 Å². The van der Waals surface area contributed by atoms with E-state index in [0.717, 1.165) is 0 Å². The summed E-state index contributed by atoms with van der Waals surface area (Å²) in [5.41, 5.74) is 0. The summed E-state index contributed by atoms with van der Waals surface area (Å²) in [5.74, 6) is 2.93. The summed E-state index contributed by atoms with van der Waals surface area (Å²) in [7, 11) is 11.1. The lowest BCUT2D eigenvalue weighted by Crippen LogP contribution is -1.77. The van der Waals surface area contributed by atoms with Crippen LogP contribution in [0.15, 0.2) is 12.0 Å². The molecule has 0 aliphatic heterocycles. The summed E-state index contributed by atoms with van der Waals surface area (Å²) in [5, 5.41) is 0. The SMILES string of the molecule is [B][B]/C=C/[B]. The van der Waals surface area contributed by atoms with E-state index in [1.807, 2.05) is 0 Å². The molecule has 0 spiro atoms. The van der Waals surface area contributed by atoms with Crippen LogP contribution in [0.5, 0.6) is 0 Å². The van der Waals surface area contributed by atoms with Crippen LogP contribution in [0.3, 0.4) is 0 Å². The van der Waals surface area contributed by atoms with Gasteiger partial charge in [-0.05, 0) is 0 Å². The summed E-state index contributed by atoms with van der Waals surface area (Å²) in [6, 6.07) is 0. The molecule has 0 amide bonds. The molecule has 0 N–H and O–H groups in total. The highest BCUT2D eigenvalue weighted by Gasteiger charge is 1.56.